The van der Waals surface area contributed by atoms with E-state index in [-0.39, 0.29) is 11.6 Å². The molecule has 0 aromatic carbocycles. The molecule has 1 fully saturated rings. The average Bonchev–Trinajstić information content (AvgIpc) is 2.45. The van der Waals surface area contributed by atoms with Crippen LogP contribution in [-0.4, -0.2) is 41.9 Å². The SMILES string of the molecule is CC(C)CN1CCC2(CC1)NC(=O)N=C2N. The van der Waals surface area contributed by atoms with E-state index in [0.29, 0.717) is 11.8 Å². The molecule has 2 amide bonds. The van der Waals surface area contributed by atoms with Crippen molar-refractivity contribution >= 4 is 11.9 Å². The number of nitrogens with zero attached hydrogens (tertiary/aromatic N) is 2. The van der Waals surface area contributed by atoms with E-state index in [1.54, 1.807) is 0 Å². The minimum Gasteiger partial charge on any atom is -0.385 e. The Morgan fingerprint density at radius 1 is 1.50 bits per heavy atom. The second-order valence-electron chi connectivity index (χ2n) is 5.20. The molecule has 90 valence electrons. The number of piperidine rings is 1. The van der Waals surface area contributed by atoms with Gasteiger partial charge in [-0.25, -0.2) is 4.79 Å². The molecule has 0 aliphatic carbocycles. The van der Waals surface area contributed by atoms with Crippen LogP contribution in [0.3, 0.4) is 0 Å². The lowest BCUT2D eigenvalue weighted by molar-refractivity contribution is 0.163. The number of nitrogens with two attached hydrogens (primary N) is 1. The van der Waals surface area contributed by atoms with Gasteiger partial charge in [-0.2, -0.15) is 4.99 Å². The van der Waals surface area contributed by atoms with Crippen LogP contribution in [0.2, 0.25) is 0 Å². The number of amides is 2. The number of carbonyl (C=O) groups excluding carboxylic acids is 1. The molecule has 0 unspecified atom stereocenters. The Hall–Kier alpha value is -1.10. The normalized spacial score (nSPS) is 24.9. The maximum Gasteiger partial charge on any atom is 0.343 e. The number of likely N-dealkylation sites (tertiary alicyclic amines) is 1. The maximum atomic E-state index is 11.2. The molecule has 16 heavy (non-hydrogen) atoms. The summed E-state index contributed by atoms with van der Waals surface area (Å²) in [4.78, 5) is 17.4. The standard InChI is InChI=1S/C11H20N4O/c1-8(2)7-15-5-3-11(4-6-15)9(12)13-10(16)14-11/h8H,3-7H2,1-2H3,(H3,12,13,14,16). The van der Waals surface area contributed by atoms with E-state index < -0.39 is 0 Å². The summed E-state index contributed by atoms with van der Waals surface area (Å²) in [7, 11) is 0. The van der Waals surface area contributed by atoms with Crippen molar-refractivity contribution in [1.29, 1.82) is 0 Å². The maximum absolute atomic E-state index is 11.2. The number of amidine groups is 1. The van der Waals surface area contributed by atoms with Crippen LogP contribution in [0.1, 0.15) is 26.7 Å². The van der Waals surface area contributed by atoms with Crippen LogP contribution in [0.25, 0.3) is 0 Å². The van der Waals surface area contributed by atoms with Gasteiger partial charge in [0.25, 0.3) is 0 Å². The summed E-state index contributed by atoms with van der Waals surface area (Å²) < 4.78 is 0. The number of rotatable bonds is 2. The van der Waals surface area contributed by atoms with E-state index in [0.717, 1.165) is 32.5 Å². The fourth-order valence-corrected chi connectivity index (χ4v) is 2.53. The Morgan fingerprint density at radius 3 is 2.56 bits per heavy atom. The number of carbonyl (C=O) groups is 1. The van der Waals surface area contributed by atoms with Gasteiger partial charge in [0, 0.05) is 19.6 Å². The minimum atomic E-state index is -0.343. The highest BCUT2D eigenvalue weighted by atomic mass is 16.2. The first-order valence-corrected chi connectivity index (χ1v) is 5.91. The van der Waals surface area contributed by atoms with E-state index in [4.69, 9.17) is 5.73 Å². The Morgan fingerprint density at radius 2 is 2.12 bits per heavy atom. The smallest absolute Gasteiger partial charge is 0.343 e. The number of nitrogens with one attached hydrogen (secondary N) is 1. The third kappa shape index (κ3) is 2.04. The Balaban J connectivity index is 1.95. The predicted molar refractivity (Wildman–Crippen MR) is 63.4 cm³/mol. The summed E-state index contributed by atoms with van der Waals surface area (Å²) in [6.45, 7) is 7.51. The van der Waals surface area contributed by atoms with Gasteiger partial charge < -0.3 is 16.0 Å². The van der Waals surface area contributed by atoms with Gasteiger partial charge in [0.15, 0.2) is 0 Å². The molecule has 0 aromatic heterocycles. The van der Waals surface area contributed by atoms with Crippen LogP contribution in [0, 0.1) is 5.92 Å². The van der Waals surface area contributed by atoms with Gasteiger partial charge in [-0.15, -0.1) is 0 Å². The highest BCUT2D eigenvalue weighted by Crippen LogP contribution is 2.26. The van der Waals surface area contributed by atoms with E-state index in [1.807, 2.05) is 0 Å². The van der Waals surface area contributed by atoms with Crippen molar-refractivity contribution in [2.75, 3.05) is 19.6 Å². The highest BCUT2D eigenvalue weighted by molar-refractivity contribution is 6.05. The number of urea groups is 1. The largest absolute Gasteiger partial charge is 0.385 e. The lowest BCUT2D eigenvalue weighted by atomic mass is 9.87. The van der Waals surface area contributed by atoms with Gasteiger partial charge >= 0.3 is 6.03 Å². The first kappa shape index (κ1) is 11.4. The van der Waals surface area contributed by atoms with Crippen molar-refractivity contribution in [3.05, 3.63) is 0 Å². The molecule has 2 rings (SSSR count). The van der Waals surface area contributed by atoms with E-state index in [1.165, 1.54) is 0 Å². The molecule has 1 saturated heterocycles. The molecular formula is C11H20N4O. The van der Waals surface area contributed by atoms with Gasteiger partial charge in [0.1, 0.15) is 11.4 Å². The van der Waals surface area contributed by atoms with Gasteiger partial charge in [-0.1, -0.05) is 13.8 Å². The van der Waals surface area contributed by atoms with E-state index >= 15 is 0 Å². The third-order valence-corrected chi connectivity index (χ3v) is 3.39. The topological polar surface area (TPSA) is 70.7 Å². The fraction of sp³-hybridized carbons (Fsp3) is 0.818. The number of hydrogen-bond donors (Lipinski definition) is 2. The Labute approximate surface area is 96.1 Å². The monoisotopic (exact) mass is 224 g/mol. The van der Waals surface area contributed by atoms with Crippen molar-refractivity contribution in [1.82, 2.24) is 10.2 Å². The van der Waals surface area contributed by atoms with Crippen molar-refractivity contribution in [3.63, 3.8) is 0 Å². The van der Waals surface area contributed by atoms with Crippen molar-refractivity contribution in [2.24, 2.45) is 16.6 Å². The first-order valence-electron chi connectivity index (χ1n) is 5.91. The summed E-state index contributed by atoms with van der Waals surface area (Å²) in [6, 6.07) is -0.283. The van der Waals surface area contributed by atoms with Crippen LogP contribution >= 0.6 is 0 Å². The van der Waals surface area contributed by atoms with Crippen LogP contribution < -0.4 is 11.1 Å². The summed E-state index contributed by atoms with van der Waals surface area (Å²) in [5.74, 6) is 1.15. The first-order chi connectivity index (χ1) is 7.52. The highest BCUT2D eigenvalue weighted by Gasteiger charge is 2.43. The Kier molecular flexibility index (Phi) is 2.88. The van der Waals surface area contributed by atoms with E-state index in [9.17, 15) is 4.79 Å². The van der Waals surface area contributed by atoms with E-state index in [2.05, 4.69) is 29.1 Å². The molecule has 0 aromatic rings. The van der Waals surface area contributed by atoms with Gasteiger partial charge in [-0.05, 0) is 18.8 Å². The van der Waals surface area contributed by atoms with Gasteiger partial charge in [0.05, 0.1) is 0 Å². The molecule has 0 atom stereocenters. The Bertz CT molecular complexity index is 316. The van der Waals surface area contributed by atoms with Crippen LogP contribution in [-0.2, 0) is 0 Å². The van der Waals surface area contributed by atoms with Crippen LogP contribution in [0.15, 0.2) is 4.99 Å². The number of hydrogen-bond acceptors (Lipinski definition) is 3. The lowest BCUT2D eigenvalue weighted by Crippen LogP contribution is -2.58. The zero-order chi connectivity index (χ0) is 11.8. The average molecular weight is 224 g/mol. The molecule has 5 heteroatoms. The molecule has 1 spiro atoms. The summed E-state index contributed by atoms with van der Waals surface area (Å²) >= 11 is 0. The van der Waals surface area contributed by atoms with Crippen LogP contribution in [0.4, 0.5) is 4.79 Å². The molecule has 0 bridgehead atoms. The molecule has 2 heterocycles. The van der Waals surface area contributed by atoms with Crippen molar-refractivity contribution in [3.8, 4) is 0 Å². The molecule has 0 saturated carbocycles. The van der Waals surface area contributed by atoms with Crippen molar-refractivity contribution in [2.45, 2.75) is 32.2 Å². The zero-order valence-corrected chi connectivity index (χ0v) is 9.99. The zero-order valence-electron chi connectivity index (χ0n) is 9.99. The lowest BCUT2D eigenvalue weighted by Gasteiger charge is -2.39. The molecule has 2 aliphatic heterocycles. The fourth-order valence-electron chi connectivity index (χ4n) is 2.53. The molecule has 0 radical (unpaired) electrons. The minimum absolute atomic E-state index is 0.283. The number of aliphatic imine (C=N–C) groups is 1. The molecule has 5 nitrogen and oxygen atoms in total. The van der Waals surface area contributed by atoms with Gasteiger partial charge in [0.2, 0.25) is 0 Å². The second kappa shape index (κ2) is 4.05. The summed E-state index contributed by atoms with van der Waals surface area (Å²) in [6.07, 6.45) is 1.75. The third-order valence-electron chi connectivity index (χ3n) is 3.39. The predicted octanol–water partition coefficient (Wildman–Crippen LogP) is 0.557. The van der Waals surface area contributed by atoms with Crippen molar-refractivity contribution < 1.29 is 4.79 Å². The molecule has 2 aliphatic rings. The van der Waals surface area contributed by atoms with Gasteiger partial charge in [-0.3, -0.25) is 0 Å². The summed E-state index contributed by atoms with van der Waals surface area (Å²) in [5, 5.41) is 2.90. The molecule has 3 N–H and O–H groups in total. The van der Waals surface area contributed by atoms with Crippen LogP contribution in [0.5, 0.6) is 0 Å². The quantitative estimate of drug-likeness (QED) is 0.720. The summed E-state index contributed by atoms with van der Waals surface area (Å²) in [5.41, 5.74) is 5.49. The molecular weight excluding hydrogens is 204 g/mol. The second-order valence-corrected chi connectivity index (χ2v) is 5.20.